The van der Waals surface area contributed by atoms with E-state index in [1.807, 2.05) is 11.3 Å². The lowest BCUT2D eigenvalue weighted by atomic mass is 9.98. The van der Waals surface area contributed by atoms with E-state index in [9.17, 15) is 0 Å². The van der Waals surface area contributed by atoms with Gasteiger partial charge in [-0.25, -0.2) is 0 Å². The van der Waals surface area contributed by atoms with Crippen LogP contribution in [0.15, 0.2) is 11.4 Å². The van der Waals surface area contributed by atoms with E-state index in [2.05, 4.69) is 30.2 Å². The number of nitrogens with two attached hydrogens (primary N) is 1. The molecule has 0 spiro atoms. The molecule has 1 aliphatic heterocycles. The van der Waals surface area contributed by atoms with Crippen molar-refractivity contribution in [3.8, 4) is 0 Å². The molecular weight excluding hydrogens is 252 g/mol. The van der Waals surface area contributed by atoms with Crippen LogP contribution in [-0.2, 0) is 0 Å². The number of hydrogen-bond donors (Lipinski definition) is 1. The van der Waals surface area contributed by atoms with Crippen LogP contribution in [0.2, 0.25) is 0 Å². The smallest absolute Gasteiger partial charge is 0.0596 e. The van der Waals surface area contributed by atoms with Crippen LogP contribution in [0.25, 0.3) is 0 Å². The maximum Gasteiger partial charge on any atom is 0.0596 e. The minimum atomic E-state index is 0.261. The average molecular weight is 280 g/mol. The predicted molar refractivity (Wildman–Crippen MR) is 84.7 cm³/mol. The van der Waals surface area contributed by atoms with Gasteiger partial charge in [0.2, 0.25) is 0 Å². The average Bonchev–Trinajstić information content (AvgIpc) is 2.78. The topological polar surface area (TPSA) is 29.3 Å². The maximum atomic E-state index is 6.46. The number of hydrogen-bond acceptors (Lipinski definition) is 3. The highest BCUT2D eigenvalue weighted by atomic mass is 32.1. The third kappa shape index (κ3) is 3.80. The van der Waals surface area contributed by atoms with E-state index < -0.39 is 0 Å². The van der Waals surface area contributed by atoms with Crippen molar-refractivity contribution in [2.45, 2.75) is 64.5 Å². The summed E-state index contributed by atoms with van der Waals surface area (Å²) in [6, 6.07) is 2.93. The molecule has 2 rings (SSSR count). The second-order valence-corrected chi connectivity index (χ2v) is 6.74. The number of aryl methyl sites for hydroxylation is 1. The van der Waals surface area contributed by atoms with Crippen molar-refractivity contribution in [3.05, 3.63) is 21.9 Å². The zero-order chi connectivity index (χ0) is 13.7. The van der Waals surface area contributed by atoms with E-state index in [0.29, 0.717) is 6.04 Å². The fourth-order valence-electron chi connectivity index (χ4n) is 3.09. The number of nitrogens with zero attached hydrogens (tertiary/aromatic N) is 1. The highest BCUT2D eigenvalue weighted by Gasteiger charge is 2.27. The van der Waals surface area contributed by atoms with Crippen LogP contribution in [0.5, 0.6) is 0 Å². The van der Waals surface area contributed by atoms with Gasteiger partial charge in [-0.2, -0.15) is 0 Å². The second kappa shape index (κ2) is 7.41. The van der Waals surface area contributed by atoms with Crippen molar-refractivity contribution in [2.75, 3.05) is 13.1 Å². The first-order valence-corrected chi connectivity index (χ1v) is 8.65. The summed E-state index contributed by atoms with van der Waals surface area (Å²) < 4.78 is 0. The quantitative estimate of drug-likeness (QED) is 0.899. The lowest BCUT2D eigenvalue weighted by Gasteiger charge is -2.36. The van der Waals surface area contributed by atoms with Crippen LogP contribution in [0.1, 0.15) is 61.9 Å². The highest BCUT2D eigenvalue weighted by Crippen LogP contribution is 2.33. The number of rotatable bonds is 4. The van der Waals surface area contributed by atoms with E-state index in [-0.39, 0.29) is 6.04 Å². The molecule has 1 saturated heterocycles. The van der Waals surface area contributed by atoms with Gasteiger partial charge in [0, 0.05) is 10.9 Å². The summed E-state index contributed by atoms with van der Waals surface area (Å²) in [6.45, 7) is 6.88. The lowest BCUT2D eigenvalue weighted by Crippen LogP contribution is -2.42. The third-order valence-corrected chi connectivity index (χ3v) is 5.42. The molecule has 2 unspecified atom stereocenters. The molecule has 0 radical (unpaired) electrons. The molecule has 1 fully saturated rings. The van der Waals surface area contributed by atoms with Crippen LogP contribution in [0.3, 0.4) is 0 Å². The predicted octanol–water partition coefficient (Wildman–Crippen LogP) is 4.10. The van der Waals surface area contributed by atoms with Crippen molar-refractivity contribution in [1.29, 1.82) is 0 Å². The molecule has 1 aliphatic rings. The largest absolute Gasteiger partial charge is 0.326 e. The Hall–Kier alpha value is -0.380. The van der Waals surface area contributed by atoms with Gasteiger partial charge in [-0.05, 0) is 56.3 Å². The molecule has 108 valence electrons. The minimum Gasteiger partial charge on any atom is -0.326 e. The van der Waals surface area contributed by atoms with Crippen LogP contribution in [-0.4, -0.2) is 24.0 Å². The molecule has 2 heterocycles. The van der Waals surface area contributed by atoms with Gasteiger partial charge in [0.1, 0.15) is 0 Å². The zero-order valence-corrected chi connectivity index (χ0v) is 13.2. The summed E-state index contributed by atoms with van der Waals surface area (Å²) in [7, 11) is 0. The Balaban J connectivity index is 2.18. The van der Waals surface area contributed by atoms with Crippen molar-refractivity contribution < 1.29 is 0 Å². The van der Waals surface area contributed by atoms with E-state index >= 15 is 0 Å². The Morgan fingerprint density at radius 3 is 2.37 bits per heavy atom. The SMILES string of the molecule is CCC(N)C(c1sccc1C)N1CCCCCCC1. The molecule has 0 aromatic carbocycles. The van der Waals surface area contributed by atoms with Crippen LogP contribution < -0.4 is 5.73 Å². The fourth-order valence-corrected chi connectivity index (χ4v) is 4.23. The van der Waals surface area contributed by atoms with Gasteiger partial charge in [-0.1, -0.05) is 26.2 Å². The van der Waals surface area contributed by atoms with E-state index in [4.69, 9.17) is 5.73 Å². The first-order chi connectivity index (χ1) is 9.24. The van der Waals surface area contributed by atoms with Gasteiger partial charge >= 0.3 is 0 Å². The van der Waals surface area contributed by atoms with E-state index in [1.165, 1.54) is 55.6 Å². The fraction of sp³-hybridized carbons (Fsp3) is 0.750. The molecule has 1 aromatic heterocycles. The van der Waals surface area contributed by atoms with Gasteiger partial charge < -0.3 is 5.73 Å². The molecule has 3 heteroatoms. The van der Waals surface area contributed by atoms with Crippen molar-refractivity contribution in [2.24, 2.45) is 5.73 Å². The molecule has 1 aromatic rings. The van der Waals surface area contributed by atoms with E-state index in [0.717, 1.165) is 6.42 Å². The van der Waals surface area contributed by atoms with Gasteiger partial charge in [0.25, 0.3) is 0 Å². The van der Waals surface area contributed by atoms with E-state index in [1.54, 1.807) is 0 Å². The summed E-state index contributed by atoms with van der Waals surface area (Å²) in [5.74, 6) is 0. The highest BCUT2D eigenvalue weighted by molar-refractivity contribution is 7.10. The van der Waals surface area contributed by atoms with Gasteiger partial charge in [0.15, 0.2) is 0 Å². The molecule has 2 nitrogen and oxygen atoms in total. The molecule has 0 saturated carbocycles. The zero-order valence-electron chi connectivity index (χ0n) is 12.4. The second-order valence-electron chi connectivity index (χ2n) is 5.79. The van der Waals surface area contributed by atoms with Gasteiger partial charge in [0.05, 0.1) is 6.04 Å². The summed E-state index contributed by atoms with van der Waals surface area (Å²) in [4.78, 5) is 4.15. The summed E-state index contributed by atoms with van der Waals surface area (Å²) in [5.41, 5.74) is 7.88. The Bertz CT molecular complexity index is 367. The summed E-state index contributed by atoms with van der Waals surface area (Å²) in [6.07, 6.45) is 7.89. The van der Waals surface area contributed by atoms with Crippen LogP contribution in [0, 0.1) is 6.92 Å². The first kappa shape index (κ1) is 15.0. The standard InChI is InChI=1S/C16H28N2S/c1-3-14(17)15(16-13(2)9-12-19-16)18-10-7-5-4-6-8-11-18/h9,12,14-15H,3-8,10-11,17H2,1-2H3. The minimum absolute atomic E-state index is 0.261. The number of likely N-dealkylation sites (tertiary alicyclic amines) is 1. The number of thiophene rings is 1. The van der Waals surface area contributed by atoms with Crippen LogP contribution >= 0.6 is 11.3 Å². The normalized spacial score (nSPS) is 21.6. The van der Waals surface area contributed by atoms with Crippen molar-refractivity contribution >= 4 is 11.3 Å². The molecular formula is C16H28N2S. The lowest BCUT2D eigenvalue weighted by molar-refractivity contribution is 0.157. The van der Waals surface area contributed by atoms with Gasteiger partial charge in [-0.15, -0.1) is 11.3 Å². The molecule has 0 bridgehead atoms. The van der Waals surface area contributed by atoms with Gasteiger partial charge in [-0.3, -0.25) is 4.90 Å². The Morgan fingerprint density at radius 1 is 1.21 bits per heavy atom. The maximum absolute atomic E-state index is 6.46. The Labute approximate surface area is 122 Å². The summed E-state index contributed by atoms with van der Waals surface area (Å²) >= 11 is 1.89. The molecule has 0 amide bonds. The summed E-state index contributed by atoms with van der Waals surface area (Å²) in [5, 5.41) is 2.21. The molecule has 19 heavy (non-hydrogen) atoms. The molecule has 2 N–H and O–H groups in total. The Kier molecular flexibility index (Phi) is 5.86. The third-order valence-electron chi connectivity index (χ3n) is 4.33. The van der Waals surface area contributed by atoms with Crippen molar-refractivity contribution in [3.63, 3.8) is 0 Å². The molecule has 2 atom stereocenters. The van der Waals surface area contributed by atoms with Crippen LogP contribution in [0.4, 0.5) is 0 Å². The monoisotopic (exact) mass is 280 g/mol. The first-order valence-electron chi connectivity index (χ1n) is 7.77. The Morgan fingerprint density at radius 2 is 1.84 bits per heavy atom. The molecule has 0 aliphatic carbocycles. The van der Waals surface area contributed by atoms with Crippen molar-refractivity contribution in [1.82, 2.24) is 4.90 Å².